The number of furan rings is 2. The summed E-state index contributed by atoms with van der Waals surface area (Å²) in [6.07, 6.45) is 5.16. The summed E-state index contributed by atoms with van der Waals surface area (Å²) in [7, 11) is 0. The summed E-state index contributed by atoms with van der Waals surface area (Å²) >= 11 is 0. The monoisotopic (exact) mass is 414 g/mol. The summed E-state index contributed by atoms with van der Waals surface area (Å²) in [6.45, 7) is 5.82. The molecule has 0 saturated carbocycles. The first kappa shape index (κ1) is 19.4. The van der Waals surface area contributed by atoms with Crippen LogP contribution in [0.5, 0.6) is 0 Å². The van der Waals surface area contributed by atoms with Crippen molar-refractivity contribution < 1.29 is 8.83 Å². The van der Waals surface area contributed by atoms with Gasteiger partial charge < -0.3 is 19.5 Å². The molecule has 4 heterocycles. The second-order valence-corrected chi connectivity index (χ2v) is 7.82. The molecule has 2 aromatic carbocycles. The van der Waals surface area contributed by atoms with E-state index in [1.165, 1.54) is 22.1 Å². The number of nitrogens with zero attached hydrogens (tertiary/aromatic N) is 2. The lowest BCUT2D eigenvalue weighted by Gasteiger charge is -2.07. The fraction of sp³-hybridized carbons (Fsp3) is 0.280. The largest absolute Gasteiger partial charge is 0.464 e. The molecule has 4 aromatic rings. The molecule has 0 bridgehead atoms. The molecule has 0 unspecified atom stereocenters. The molecule has 0 fully saturated rings. The van der Waals surface area contributed by atoms with Crippen molar-refractivity contribution >= 4 is 33.6 Å². The molecule has 158 valence electrons. The van der Waals surface area contributed by atoms with E-state index in [0.29, 0.717) is 0 Å². The number of hydrogen-bond acceptors (Lipinski definition) is 6. The molecule has 6 rings (SSSR count). The summed E-state index contributed by atoms with van der Waals surface area (Å²) in [4.78, 5) is 8.81. The molecule has 0 radical (unpaired) electrons. The third kappa shape index (κ3) is 4.19. The van der Waals surface area contributed by atoms with Crippen molar-refractivity contribution in [2.75, 3.05) is 26.2 Å². The number of fused-ring (bicyclic) bond motifs is 2. The van der Waals surface area contributed by atoms with Crippen LogP contribution in [-0.2, 0) is 12.8 Å². The van der Waals surface area contributed by atoms with E-state index < -0.39 is 0 Å². The Morgan fingerprint density at radius 2 is 1.45 bits per heavy atom. The topological polar surface area (TPSA) is 75.1 Å². The molecule has 6 nitrogen and oxygen atoms in total. The van der Waals surface area contributed by atoms with Gasteiger partial charge in [-0.05, 0) is 24.6 Å². The normalized spacial score (nSPS) is 15.3. The maximum Gasteiger partial charge on any atom is 0.137 e. The number of hydrogen-bond donors (Lipinski definition) is 2. The Bertz CT molecular complexity index is 1270. The Hall–Kier alpha value is -3.54. The van der Waals surface area contributed by atoms with Crippen LogP contribution in [0.3, 0.4) is 0 Å². The molecule has 0 amide bonds. The zero-order chi connectivity index (χ0) is 21.0. The molecule has 0 spiro atoms. The number of rotatable bonds is 4. The molecule has 2 N–H and O–H groups in total. The van der Waals surface area contributed by atoms with Gasteiger partial charge in [-0.25, -0.2) is 0 Å². The SMILES string of the molecule is Cc1ccc2ccoc2c1CC1=NCCN1.c1cc(CC2=NCCN2)c2occc2c1. The van der Waals surface area contributed by atoms with Crippen LogP contribution in [0.4, 0.5) is 0 Å². The molecule has 2 aliphatic heterocycles. The van der Waals surface area contributed by atoms with Crippen molar-refractivity contribution in [3.63, 3.8) is 0 Å². The Morgan fingerprint density at radius 3 is 2.16 bits per heavy atom. The van der Waals surface area contributed by atoms with E-state index in [4.69, 9.17) is 8.83 Å². The van der Waals surface area contributed by atoms with Crippen LogP contribution in [0.25, 0.3) is 21.9 Å². The lowest BCUT2D eigenvalue weighted by atomic mass is 10.0. The van der Waals surface area contributed by atoms with Crippen molar-refractivity contribution in [1.82, 2.24) is 10.6 Å². The molecule has 2 aromatic heterocycles. The molecule has 31 heavy (non-hydrogen) atoms. The Morgan fingerprint density at radius 1 is 0.774 bits per heavy atom. The van der Waals surface area contributed by atoms with Gasteiger partial charge in [0.2, 0.25) is 0 Å². The fourth-order valence-corrected chi connectivity index (χ4v) is 4.08. The van der Waals surface area contributed by atoms with Gasteiger partial charge in [-0.1, -0.05) is 30.3 Å². The van der Waals surface area contributed by atoms with Crippen molar-refractivity contribution in [1.29, 1.82) is 0 Å². The average Bonchev–Trinajstić information content (AvgIpc) is 3.58. The van der Waals surface area contributed by atoms with E-state index in [1.807, 2.05) is 12.1 Å². The number of nitrogens with one attached hydrogen (secondary N) is 2. The summed E-state index contributed by atoms with van der Waals surface area (Å²) in [6, 6.07) is 14.4. The van der Waals surface area contributed by atoms with Gasteiger partial charge in [0, 0.05) is 47.8 Å². The summed E-state index contributed by atoms with van der Waals surface area (Å²) < 4.78 is 11.0. The van der Waals surface area contributed by atoms with Crippen LogP contribution in [0.1, 0.15) is 16.7 Å². The van der Waals surface area contributed by atoms with Crippen LogP contribution in [0.2, 0.25) is 0 Å². The van der Waals surface area contributed by atoms with E-state index in [9.17, 15) is 0 Å². The Balaban J connectivity index is 0.000000132. The zero-order valence-electron chi connectivity index (χ0n) is 17.6. The average molecular weight is 415 g/mol. The number of aryl methyl sites for hydroxylation is 1. The number of para-hydroxylation sites is 1. The lowest BCUT2D eigenvalue weighted by Crippen LogP contribution is -2.20. The highest BCUT2D eigenvalue weighted by molar-refractivity contribution is 5.91. The predicted molar refractivity (Wildman–Crippen MR) is 125 cm³/mol. The second kappa shape index (κ2) is 8.68. The zero-order valence-corrected chi connectivity index (χ0v) is 17.6. The lowest BCUT2D eigenvalue weighted by molar-refractivity contribution is 0.612. The van der Waals surface area contributed by atoms with Crippen molar-refractivity contribution in [3.05, 3.63) is 71.7 Å². The molecule has 2 aliphatic rings. The molecule has 0 saturated heterocycles. The maximum atomic E-state index is 5.56. The Labute approximate surface area is 181 Å². The molecular formula is C25H26N4O2. The van der Waals surface area contributed by atoms with Crippen LogP contribution >= 0.6 is 0 Å². The van der Waals surface area contributed by atoms with Gasteiger partial charge >= 0.3 is 0 Å². The minimum atomic E-state index is 0.838. The van der Waals surface area contributed by atoms with E-state index >= 15 is 0 Å². The van der Waals surface area contributed by atoms with Gasteiger partial charge in [-0.2, -0.15) is 0 Å². The standard InChI is InChI=1S/C13H14N2O.C12H12N2O/c1-9-2-3-10-4-7-16-13(10)11(9)8-12-14-5-6-15-12;1-2-9-4-7-15-12(9)10(3-1)8-11-13-5-6-14-11/h2-4,7H,5-6,8H2,1H3,(H,14,15);1-4,7H,5-6,8H2,(H,13,14). The van der Waals surface area contributed by atoms with Crippen molar-refractivity contribution in [2.45, 2.75) is 19.8 Å². The van der Waals surface area contributed by atoms with Crippen LogP contribution in [0, 0.1) is 6.92 Å². The van der Waals surface area contributed by atoms with E-state index in [1.54, 1.807) is 12.5 Å². The highest BCUT2D eigenvalue weighted by atomic mass is 16.3. The first-order chi connectivity index (χ1) is 15.3. The van der Waals surface area contributed by atoms with Gasteiger partial charge in [0.25, 0.3) is 0 Å². The molecule has 0 atom stereocenters. The van der Waals surface area contributed by atoms with Crippen LogP contribution < -0.4 is 10.6 Å². The quantitative estimate of drug-likeness (QED) is 0.523. The predicted octanol–water partition coefficient (Wildman–Crippen LogP) is 4.26. The first-order valence-electron chi connectivity index (χ1n) is 10.7. The van der Waals surface area contributed by atoms with Crippen LogP contribution in [0.15, 0.2) is 73.8 Å². The van der Waals surface area contributed by atoms with Gasteiger partial charge in [-0.15, -0.1) is 0 Å². The maximum absolute atomic E-state index is 5.56. The second-order valence-electron chi connectivity index (χ2n) is 7.82. The van der Waals surface area contributed by atoms with E-state index in [2.05, 4.69) is 57.9 Å². The first-order valence-corrected chi connectivity index (χ1v) is 10.7. The van der Waals surface area contributed by atoms with Crippen molar-refractivity contribution in [3.8, 4) is 0 Å². The highest BCUT2D eigenvalue weighted by Crippen LogP contribution is 2.24. The number of benzene rings is 2. The number of aliphatic imine (C=N–C) groups is 2. The fourth-order valence-electron chi connectivity index (χ4n) is 4.08. The third-order valence-corrected chi connectivity index (χ3v) is 5.71. The summed E-state index contributed by atoms with van der Waals surface area (Å²) in [5.41, 5.74) is 5.69. The van der Waals surface area contributed by atoms with Crippen molar-refractivity contribution in [2.24, 2.45) is 9.98 Å². The summed E-state index contributed by atoms with van der Waals surface area (Å²) in [5.74, 6) is 2.14. The minimum Gasteiger partial charge on any atom is -0.464 e. The van der Waals surface area contributed by atoms with Gasteiger partial charge in [-0.3, -0.25) is 9.98 Å². The molecule has 0 aliphatic carbocycles. The number of amidine groups is 2. The highest BCUT2D eigenvalue weighted by Gasteiger charge is 2.13. The van der Waals surface area contributed by atoms with E-state index in [-0.39, 0.29) is 0 Å². The van der Waals surface area contributed by atoms with Gasteiger partial charge in [0.1, 0.15) is 22.8 Å². The third-order valence-electron chi connectivity index (χ3n) is 5.71. The van der Waals surface area contributed by atoms with Gasteiger partial charge in [0.05, 0.1) is 25.6 Å². The van der Waals surface area contributed by atoms with E-state index in [0.717, 1.165) is 67.2 Å². The summed E-state index contributed by atoms with van der Waals surface area (Å²) in [5, 5.41) is 8.89. The molecule has 6 heteroatoms. The van der Waals surface area contributed by atoms with Crippen LogP contribution in [-0.4, -0.2) is 37.9 Å². The minimum absolute atomic E-state index is 0.838. The molecular weight excluding hydrogens is 388 g/mol. The Kier molecular flexibility index (Phi) is 5.44. The smallest absolute Gasteiger partial charge is 0.137 e. The van der Waals surface area contributed by atoms with Gasteiger partial charge in [0.15, 0.2) is 0 Å².